The highest BCUT2D eigenvalue weighted by molar-refractivity contribution is 6.42. The van der Waals surface area contributed by atoms with Crippen LogP contribution in [0.4, 0.5) is 4.79 Å². The van der Waals surface area contributed by atoms with Gasteiger partial charge in [-0.05, 0) is 12.1 Å². The molecule has 0 bridgehead atoms. The Balaban J connectivity index is 2.17. The highest BCUT2D eigenvalue weighted by Gasteiger charge is 2.38. The zero-order valence-corrected chi connectivity index (χ0v) is 10.8. The van der Waals surface area contributed by atoms with E-state index in [0.29, 0.717) is 21.3 Å². The van der Waals surface area contributed by atoms with E-state index in [9.17, 15) is 4.79 Å². The summed E-state index contributed by atoms with van der Waals surface area (Å²) in [6, 6.07) is 5.00. The molecule has 2 rings (SSSR count). The minimum absolute atomic E-state index is 0.206. The van der Waals surface area contributed by atoms with Crippen molar-refractivity contribution in [2.75, 3.05) is 0 Å². The van der Waals surface area contributed by atoms with E-state index in [1.54, 1.807) is 18.2 Å². The zero-order chi connectivity index (χ0) is 13.3. The molecule has 1 N–H and O–H groups in total. The molecule has 0 amide bonds. The van der Waals surface area contributed by atoms with Crippen molar-refractivity contribution in [2.24, 2.45) is 5.16 Å². The lowest BCUT2D eigenvalue weighted by atomic mass is 10.0. The summed E-state index contributed by atoms with van der Waals surface area (Å²) in [7, 11) is 0. The van der Waals surface area contributed by atoms with Gasteiger partial charge in [0.05, 0.1) is 22.2 Å². The molecule has 0 saturated carbocycles. The molecular weight excluding hydrogens is 281 g/mol. The second kappa shape index (κ2) is 4.66. The van der Waals surface area contributed by atoms with E-state index >= 15 is 0 Å². The summed E-state index contributed by atoms with van der Waals surface area (Å²) in [5.41, 5.74) is 1.26. The van der Waals surface area contributed by atoms with E-state index in [1.807, 2.05) is 0 Å². The van der Waals surface area contributed by atoms with Gasteiger partial charge in [0.1, 0.15) is 0 Å². The fourth-order valence-electron chi connectivity index (χ4n) is 1.59. The monoisotopic (exact) mass is 289 g/mol. The van der Waals surface area contributed by atoms with E-state index in [1.165, 1.54) is 6.92 Å². The van der Waals surface area contributed by atoms with Crippen LogP contribution in [-0.4, -0.2) is 22.8 Å². The van der Waals surface area contributed by atoms with Crippen LogP contribution in [0.2, 0.25) is 10.0 Å². The maximum Gasteiger partial charge on any atom is 0.509 e. The van der Waals surface area contributed by atoms with Crippen LogP contribution >= 0.6 is 23.2 Å². The molecule has 5 nitrogen and oxygen atoms in total. The summed E-state index contributed by atoms with van der Waals surface area (Å²) in [5.74, 6) is -1.30. The van der Waals surface area contributed by atoms with E-state index < -0.39 is 11.9 Å². The predicted molar refractivity (Wildman–Crippen MR) is 66.2 cm³/mol. The molecule has 0 radical (unpaired) electrons. The molecule has 1 aromatic rings. The van der Waals surface area contributed by atoms with Crippen molar-refractivity contribution in [1.82, 2.24) is 0 Å². The largest absolute Gasteiger partial charge is 0.509 e. The molecule has 1 aliphatic rings. The Kier molecular flexibility index (Phi) is 3.36. The van der Waals surface area contributed by atoms with Crippen LogP contribution in [0.25, 0.3) is 0 Å². The van der Waals surface area contributed by atoms with Gasteiger partial charge in [-0.15, -0.1) is 0 Å². The van der Waals surface area contributed by atoms with E-state index in [4.69, 9.17) is 33.1 Å². The Morgan fingerprint density at radius 1 is 1.50 bits per heavy atom. The summed E-state index contributed by atoms with van der Waals surface area (Å²) < 4.78 is 4.63. The number of benzene rings is 1. The summed E-state index contributed by atoms with van der Waals surface area (Å²) in [4.78, 5) is 15.5. The van der Waals surface area contributed by atoms with Gasteiger partial charge in [0, 0.05) is 12.5 Å². The minimum Gasteiger partial charge on any atom is -0.450 e. The molecule has 1 atom stereocenters. The highest BCUT2D eigenvalue weighted by atomic mass is 35.5. The van der Waals surface area contributed by atoms with Crippen LogP contribution in [-0.2, 0) is 9.57 Å². The number of rotatable bonds is 2. The van der Waals surface area contributed by atoms with Crippen LogP contribution < -0.4 is 0 Å². The average molecular weight is 290 g/mol. The minimum atomic E-state index is -1.41. The van der Waals surface area contributed by atoms with Crippen molar-refractivity contribution < 1.29 is 19.5 Å². The molecule has 0 fully saturated rings. The van der Waals surface area contributed by atoms with Crippen LogP contribution in [0.15, 0.2) is 23.4 Å². The first-order chi connectivity index (χ1) is 8.39. The van der Waals surface area contributed by atoms with Gasteiger partial charge in [-0.3, -0.25) is 0 Å². The number of ether oxygens (including phenoxy) is 1. The van der Waals surface area contributed by atoms with Crippen LogP contribution in [0.3, 0.4) is 0 Å². The fourth-order valence-corrected chi connectivity index (χ4v) is 1.89. The Morgan fingerprint density at radius 2 is 2.22 bits per heavy atom. The highest BCUT2D eigenvalue weighted by Crippen LogP contribution is 2.30. The molecule has 0 spiro atoms. The lowest BCUT2D eigenvalue weighted by Gasteiger charge is -2.19. The first kappa shape index (κ1) is 13.0. The fraction of sp³-hybridized carbons (Fsp3) is 0.273. The molecule has 0 aliphatic carbocycles. The molecule has 96 valence electrons. The molecule has 18 heavy (non-hydrogen) atoms. The van der Waals surface area contributed by atoms with Gasteiger partial charge in [-0.25, -0.2) is 4.79 Å². The third kappa shape index (κ3) is 2.68. The van der Waals surface area contributed by atoms with Crippen molar-refractivity contribution in [3.05, 3.63) is 33.8 Å². The number of carbonyl (C=O) groups is 1. The molecule has 1 heterocycles. The second-order valence-corrected chi connectivity index (χ2v) is 4.75. The smallest absolute Gasteiger partial charge is 0.450 e. The predicted octanol–water partition coefficient (Wildman–Crippen LogP) is 3.53. The number of oxime groups is 1. The van der Waals surface area contributed by atoms with Gasteiger partial charge in [0.15, 0.2) is 0 Å². The van der Waals surface area contributed by atoms with Crippen molar-refractivity contribution in [3.63, 3.8) is 0 Å². The maximum atomic E-state index is 10.5. The van der Waals surface area contributed by atoms with Crippen LogP contribution in [0, 0.1) is 0 Å². The topological polar surface area (TPSA) is 68.1 Å². The molecular formula is C11H9Cl2NO4. The summed E-state index contributed by atoms with van der Waals surface area (Å²) in [5, 5.41) is 13.2. The molecule has 1 aromatic carbocycles. The van der Waals surface area contributed by atoms with Gasteiger partial charge in [-0.2, -0.15) is 0 Å². The van der Waals surface area contributed by atoms with Crippen molar-refractivity contribution in [2.45, 2.75) is 19.1 Å². The number of nitrogens with zero attached hydrogens (tertiary/aromatic N) is 1. The molecule has 0 aromatic heterocycles. The van der Waals surface area contributed by atoms with Gasteiger partial charge in [-0.1, -0.05) is 34.4 Å². The van der Waals surface area contributed by atoms with Gasteiger partial charge in [0.25, 0.3) is 5.79 Å². The normalized spacial score (nSPS) is 22.3. The number of halogens is 2. The second-order valence-electron chi connectivity index (χ2n) is 3.94. The summed E-state index contributed by atoms with van der Waals surface area (Å²) in [6.07, 6.45) is -1.21. The van der Waals surface area contributed by atoms with E-state index in [0.717, 1.165) is 0 Å². The van der Waals surface area contributed by atoms with Gasteiger partial charge >= 0.3 is 6.16 Å². The molecule has 7 heteroatoms. The van der Waals surface area contributed by atoms with E-state index in [2.05, 4.69) is 9.89 Å². The SMILES string of the molecule is CC1(OC(=O)O)CC(c2ccc(Cl)c(Cl)c2)=NO1. The van der Waals surface area contributed by atoms with Crippen LogP contribution in [0.5, 0.6) is 0 Å². The van der Waals surface area contributed by atoms with E-state index in [-0.39, 0.29) is 6.42 Å². The first-order valence-electron chi connectivity index (χ1n) is 5.02. The molecule has 0 saturated heterocycles. The lowest BCUT2D eigenvalue weighted by molar-refractivity contribution is -0.180. The standard InChI is InChI=1S/C11H9Cl2NO4/c1-11(17-10(15)16)5-9(14-18-11)6-2-3-7(12)8(13)4-6/h2-4H,5H2,1H3,(H,15,16). The number of hydrogen-bond acceptors (Lipinski definition) is 4. The molecule has 1 unspecified atom stereocenters. The van der Waals surface area contributed by atoms with Gasteiger partial charge < -0.3 is 14.7 Å². The Morgan fingerprint density at radius 3 is 2.83 bits per heavy atom. The van der Waals surface area contributed by atoms with Crippen LogP contribution in [0.1, 0.15) is 18.9 Å². The lowest BCUT2D eigenvalue weighted by Crippen LogP contribution is -2.31. The number of hydrogen-bond donors (Lipinski definition) is 1. The Labute approximate surface area is 113 Å². The number of carboxylic acid groups (broad SMARTS) is 1. The Bertz CT molecular complexity index is 532. The third-order valence-electron chi connectivity index (χ3n) is 2.39. The zero-order valence-electron chi connectivity index (χ0n) is 9.31. The summed E-state index contributed by atoms with van der Waals surface area (Å²) in [6.45, 7) is 1.50. The Hall–Kier alpha value is -1.46. The summed E-state index contributed by atoms with van der Waals surface area (Å²) >= 11 is 11.7. The van der Waals surface area contributed by atoms with Gasteiger partial charge in [0.2, 0.25) is 0 Å². The van der Waals surface area contributed by atoms with Crippen molar-refractivity contribution >= 4 is 35.1 Å². The first-order valence-corrected chi connectivity index (χ1v) is 5.78. The van der Waals surface area contributed by atoms with Crippen molar-refractivity contribution in [3.8, 4) is 0 Å². The van der Waals surface area contributed by atoms with Crippen molar-refractivity contribution in [1.29, 1.82) is 0 Å². The average Bonchev–Trinajstić information content (AvgIpc) is 2.63. The molecule has 1 aliphatic heterocycles. The maximum absolute atomic E-state index is 10.5. The quantitative estimate of drug-likeness (QED) is 0.846. The third-order valence-corrected chi connectivity index (χ3v) is 3.13.